The van der Waals surface area contributed by atoms with Crippen LogP contribution in [0.3, 0.4) is 0 Å². The molecule has 5 nitrogen and oxygen atoms in total. The van der Waals surface area contributed by atoms with E-state index in [1.54, 1.807) is 6.07 Å². The Kier molecular flexibility index (Phi) is 1.95. The van der Waals surface area contributed by atoms with E-state index in [9.17, 15) is 4.79 Å². The summed E-state index contributed by atoms with van der Waals surface area (Å²) in [5, 5.41) is 12.9. The second kappa shape index (κ2) is 3.35. The van der Waals surface area contributed by atoms with Gasteiger partial charge in [0, 0.05) is 11.5 Å². The first-order chi connectivity index (χ1) is 8.20. The Morgan fingerprint density at radius 3 is 3.00 bits per heavy atom. The lowest BCUT2D eigenvalue weighted by Gasteiger charge is -2.04. The molecule has 0 amide bonds. The molecule has 2 heterocycles. The van der Waals surface area contributed by atoms with E-state index in [0.717, 1.165) is 10.9 Å². The minimum absolute atomic E-state index is 0.183. The minimum Gasteiger partial charge on any atom is -0.486 e. The normalized spacial score (nSPS) is 16.2. The maximum atomic E-state index is 11.4. The van der Waals surface area contributed by atoms with Crippen LogP contribution < -0.4 is 10.4 Å². The third-order valence-corrected chi connectivity index (χ3v) is 2.85. The molecule has 0 spiro atoms. The van der Waals surface area contributed by atoms with E-state index in [4.69, 9.17) is 14.4 Å². The maximum absolute atomic E-state index is 11.4. The summed E-state index contributed by atoms with van der Waals surface area (Å²) in [5.74, 6) is 0.569. The average molecular weight is 231 g/mol. The number of hydrogen-bond acceptors (Lipinski definition) is 5. The van der Waals surface area contributed by atoms with E-state index in [0.29, 0.717) is 22.6 Å². The fraction of sp³-hybridized carbons (Fsp3) is 0.167. The third kappa shape index (κ3) is 1.32. The molecular weight excluding hydrogens is 222 g/mol. The highest BCUT2D eigenvalue weighted by atomic mass is 16.5. The molecule has 0 bridgehead atoms. The number of hydrogen-bond donors (Lipinski definition) is 1. The van der Waals surface area contributed by atoms with Gasteiger partial charge in [0.2, 0.25) is 0 Å². The van der Waals surface area contributed by atoms with Crippen molar-refractivity contribution in [3.05, 3.63) is 39.7 Å². The highest BCUT2D eigenvalue weighted by molar-refractivity contribution is 6.14. The number of aryl methyl sites for hydroxylation is 1. The van der Waals surface area contributed by atoms with Gasteiger partial charge in [0.25, 0.3) is 0 Å². The highest BCUT2D eigenvalue weighted by Gasteiger charge is 2.25. The van der Waals surface area contributed by atoms with Crippen LogP contribution in [0.25, 0.3) is 11.0 Å². The van der Waals surface area contributed by atoms with Crippen molar-refractivity contribution < 1.29 is 14.4 Å². The number of fused-ring (bicyclic) bond motifs is 3. The lowest BCUT2D eigenvalue weighted by molar-refractivity contribution is 0.313. The first-order valence-corrected chi connectivity index (χ1v) is 5.12. The van der Waals surface area contributed by atoms with Gasteiger partial charge in [0.05, 0.1) is 5.56 Å². The molecule has 1 aliphatic heterocycles. The van der Waals surface area contributed by atoms with E-state index >= 15 is 0 Å². The quantitative estimate of drug-likeness (QED) is 0.425. The number of rotatable bonds is 0. The maximum Gasteiger partial charge on any atom is 0.336 e. The van der Waals surface area contributed by atoms with Crippen LogP contribution >= 0.6 is 0 Å². The molecule has 1 aromatic heterocycles. The standard InChI is InChI=1S/C12H9NO4/c1-6-4-10(14)17-12-7(6)2-3-9-11(12)8(13-15)5-16-9/h2-4,15H,5H2,1H3/b13-8+. The third-order valence-electron chi connectivity index (χ3n) is 2.85. The second-order valence-corrected chi connectivity index (χ2v) is 3.90. The van der Waals surface area contributed by atoms with Gasteiger partial charge in [0.1, 0.15) is 18.1 Å². The summed E-state index contributed by atoms with van der Waals surface area (Å²) >= 11 is 0. The van der Waals surface area contributed by atoms with Crippen LogP contribution in [0.2, 0.25) is 0 Å². The summed E-state index contributed by atoms with van der Waals surface area (Å²) in [6.45, 7) is 2.01. The number of nitrogens with zero attached hydrogens (tertiary/aromatic N) is 1. The van der Waals surface area contributed by atoms with Crippen molar-refractivity contribution in [2.75, 3.05) is 6.61 Å². The van der Waals surface area contributed by atoms with Gasteiger partial charge in [-0.05, 0) is 24.6 Å². The zero-order valence-corrected chi connectivity index (χ0v) is 9.06. The molecule has 86 valence electrons. The van der Waals surface area contributed by atoms with Gasteiger partial charge in [-0.1, -0.05) is 5.16 Å². The summed E-state index contributed by atoms with van der Waals surface area (Å²) < 4.78 is 10.5. The lowest BCUT2D eigenvalue weighted by atomic mass is 10.0. The van der Waals surface area contributed by atoms with Gasteiger partial charge in [0.15, 0.2) is 5.58 Å². The SMILES string of the molecule is Cc1cc(=O)oc2c3c(ccc12)OC/C3=N\O. The van der Waals surface area contributed by atoms with Gasteiger partial charge in [-0.25, -0.2) is 4.79 Å². The molecule has 0 saturated heterocycles. The predicted octanol–water partition coefficient (Wildman–Crippen LogP) is 1.67. The van der Waals surface area contributed by atoms with Crippen LogP contribution in [0, 0.1) is 6.92 Å². The predicted molar refractivity (Wildman–Crippen MR) is 61.0 cm³/mol. The van der Waals surface area contributed by atoms with Crippen LogP contribution in [0.15, 0.2) is 32.6 Å². The molecule has 17 heavy (non-hydrogen) atoms. The number of oxime groups is 1. The minimum atomic E-state index is -0.424. The lowest BCUT2D eigenvalue weighted by Crippen LogP contribution is -2.04. The molecule has 2 aromatic rings. The van der Waals surface area contributed by atoms with E-state index < -0.39 is 5.63 Å². The Bertz CT molecular complexity index is 699. The molecule has 0 unspecified atom stereocenters. The molecule has 5 heteroatoms. The molecule has 0 atom stereocenters. The van der Waals surface area contributed by atoms with Crippen molar-refractivity contribution in [2.45, 2.75) is 6.92 Å². The van der Waals surface area contributed by atoms with Crippen molar-refractivity contribution in [2.24, 2.45) is 5.16 Å². The Balaban J connectivity index is 2.50. The van der Waals surface area contributed by atoms with Gasteiger partial charge in [-0.2, -0.15) is 0 Å². The van der Waals surface area contributed by atoms with Crippen LogP contribution in [0.4, 0.5) is 0 Å². The Labute approximate surface area is 95.9 Å². The molecule has 0 fully saturated rings. The van der Waals surface area contributed by atoms with Crippen LogP contribution in [0.1, 0.15) is 11.1 Å². The number of ether oxygens (including phenoxy) is 1. The van der Waals surface area contributed by atoms with Crippen molar-refractivity contribution in [3.63, 3.8) is 0 Å². The van der Waals surface area contributed by atoms with Crippen molar-refractivity contribution in [3.8, 4) is 5.75 Å². The van der Waals surface area contributed by atoms with E-state index in [1.807, 2.05) is 13.0 Å². The van der Waals surface area contributed by atoms with Gasteiger partial charge in [-0.3, -0.25) is 0 Å². The molecule has 0 saturated carbocycles. The fourth-order valence-corrected chi connectivity index (χ4v) is 2.06. The molecule has 1 aliphatic rings. The van der Waals surface area contributed by atoms with E-state index in [2.05, 4.69) is 5.16 Å². The molecule has 1 aromatic carbocycles. The Hall–Kier alpha value is -2.30. The Morgan fingerprint density at radius 2 is 2.24 bits per heavy atom. The zero-order chi connectivity index (χ0) is 12.0. The summed E-state index contributed by atoms with van der Waals surface area (Å²) in [5.41, 5.74) is 1.75. The molecule has 1 N–H and O–H groups in total. The first kappa shape index (κ1) is 9.89. The van der Waals surface area contributed by atoms with Crippen molar-refractivity contribution >= 4 is 16.7 Å². The Morgan fingerprint density at radius 1 is 1.41 bits per heavy atom. The van der Waals surface area contributed by atoms with Gasteiger partial charge in [-0.15, -0.1) is 0 Å². The highest BCUT2D eigenvalue weighted by Crippen LogP contribution is 2.33. The van der Waals surface area contributed by atoms with Crippen LogP contribution in [-0.4, -0.2) is 17.5 Å². The fourth-order valence-electron chi connectivity index (χ4n) is 2.06. The largest absolute Gasteiger partial charge is 0.486 e. The monoisotopic (exact) mass is 231 g/mol. The van der Waals surface area contributed by atoms with Gasteiger partial charge >= 0.3 is 5.63 Å². The zero-order valence-electron chi connectivity index (χ0n) is 9.06. The summed E-state index contributed by atoms with van der Waals surface area (Å²) in [6.07, 6.45) is 0. The molecule has 0 radical (unpaired) electrons. The topological polar surface area (TPSA) is 72.0 Å². The summed E-state index contributed by atoms with van der Waals surface area (Å²) in [6, 6.07) is 5.04. The summed E-state index contributed by atoms with van der Waals surface area (Å²) in [7, 11) is 0. The molecular formula is C12H9NO4. The van der Waals surface area contributed by atoms with Crippen molar-refractivity contribution in [1.82, 2.24) is 0 Å². The number of benzene rings is 1. The van der Waals surface area contributed by atoms with Gasteiger partial charge < -0.3 is 14.4 Å². The first-order valence-electron chi connectivity index (χ1n) is 5.12. The van der Waals surface area contributed by atoms with Crippen LogP contribution in [-0.2, 0) is 0 Å². The molecule has 0 aliphatic carbocycles. The smallest absolute Gasteiger partial charge is 0.336 e. The summed E-state index contributed by atoms with van der Waals surface area (Å²) in [4.78, 5) is 11.4. The molecule has 3 rings (SSSR count). The van der Waals surface area contributed by atoms with Crippen LogP contribution in [0.5, 0.6) is 5.75 Å². The van der Waals surface area contributed by atoms with Crippen molar-refractivity contribution in [1.29, 1.82) is 0 Å². The second-order valence-electron chi connectivity index (χ2n) is 3.90. The average Bonchev–Trinajstić information content (AvgIpc) is 2.71. The van der Waals surface area contributed by atoms with E-state index in [-0.39, 0.29) is 6.61 Å². The van der Waals surface area contributed by atoms with E-state index in [1.165, 1.54) is 6.07 Å².